The lowest BCUT2D eigenvalue weighted by Gasteiger charge is -2.00. The molecule has 0 saturated carbocycles. The van der Waals surface area contributed by atoms with Crippen LogP contribution in [0.15, 0.2) is 35.7 Å². The molecule has 1 aromatic rings. The molecule has 0 aliphatic heterocycles. The summed E-state index contributed by atoms with van der Waals surface area (Å²) in [5.41, 5.74) is 0. The van der Waals surface area contributed by atoms with Gasteiger partial charge in [0.05, 0.1) is 5.30 Å². The lowest BCUT2D eigenvalue weighted by atomic mass is 10.4. The molecule has 0 atom stereocenters. The average molecular weight is 205 g/mol. The van der Waals surface area contributed by atoms with E-state index in [0.717, 1.165) is 0 Å². The Kier molecular flexibility index (Phi) is 4.91. The Morgan fingerprint density at radius 2 is 1.54 bits per heavy atom. The molecule has 0 radical (unpaired) electrons. The fourth-order valence-electron chi connectivity index (χ4n) is 0.622. The van der Waals surface area contributed by atoms with Crippen molar-refractivity contribution in [3.8, 4) is 0 Å². The Balaban J connectivity index is 0.000000424. The molecule has 6 nitrogen and oxygen atoms in total. The molecule has 13 heavy (non-hydrogen) atoms. The van der Waals surface area contributed by atoms with Gasteiger partial charge in [0, 0.05) is 0 Å². The van der Waals surface area contributed by atoms with Gasteiger partial charge in [0.15, 0.2) is 5.34 Å². The fraction of sp³-hybridized carbons (Fsp3) is 0. The van der Waals surface area contributed by atoms with E-state index in [4.69, 9.17) is 19.9 Å². The van der Waals surface area contributed by atoms with Crippen LogP contribution in [0.4, 0.5) is 0 Å². The van der Waals surface area contributed by atoms with Crippen LogP contribution in [-0.4, -0.2) is 15.0 Å². The highest BCUT2D eigenvalue weighted by Gasteiger charge is 2.14. The second kappa shape index (κ2) is 5.42. The molecule has 3 N–H and O–H groups in total. The Morgan fingerprint density at radius 3 is 1.77 bits per heavy atom. The summed E-state index contributed by atoms with van der Waals surface area (Å²) in [5, 5.41) is 7.95. The molecule has 0 amide bonds. The summed E-state index contributed by atoms with van der Waals surface area (Å²) in [6.45, 7) is 0. The lowest BCUT2D eigenvalue weighted by molar-refractivity contribution is 0.312. The highest BCUT2D eigenvalue weighted by molar-refractivity contribution is 7.60. The molecule has 1 rings (SSSR count). The second-order valence-electron chi connectivity index (χ2n) is 1.96. The zero-order chi connectivity index (χ0) is 10.3. The van der Waals surface area contributed by atoms with Crippen molar-refractivity contribution in [2.45, 2.75) is 0 Å². The first-order valence-corrected chi connectivity index (χ1v) is 4.71. The van der Waals surface area contributed by atoms with Crippen LogP contribution in [0.25, 0.3) is 0 Å². The van der Waals surface area contributed by atoms with E-state index in [-0.39, 0.29) is 5.30 Å². The first-order chi connectivity index (χ1) is 6.02. The van der Waals surface area contributed by atoms with Crippen molar-refractivity contribution < 1.29 is 19.6 Å². The molecule has 0 unspecified atom stereocenters. The van der Waals surface area contributed by atoms with Crippen molar-refractivity contribution in [1.29, 1.82) is 0 Å². The van der Waals surface area contributed by atoms with E-state index in [0.29, 0.717) is 0 Å². The Morgan fingerprint density at radius 1 is 1.15 bits per heavy atom. The van der Waals surface area contributed by atoms with Crippen molar-refractivity contribution in [3.63, 3.8) is 0 Å². The molecular weight excluding hydrogens is 197 g/mol. The molecule has 0 heterocycles. The maximum atomic E-state index is 10.5. The van der Waals surface area contributed by atoms with Gasteiger partial charge in [-0.05, 0) is 12.1 Å². The van der Waals surface area contributed by atoms with E-state index >= 15 is 0 Å². The highest BCUT2D eigenvalue weighted by atomic mass is 31.2. The quantitative estimate of drug-likeness (QED) is 0.354. The van der Waals surface area contributed by atoms with Crippen LogP contribution in [-0.2, 0) is 4.57 Å². The number of rotatable bonds is 1. The van der Waals surface area contributed by atoms with E-state index in [9.17, 15) is 4.57 Å². The Hall–Kier alpha value is -1.23. The first kappa shape index (κ1) is 11.8. The molecule has 0 spiro atoms. The summed E-state index contributed by atoms with van der Waals surface area (Å²) in [6, 6.07) is 7.70. The molecule has 0 bridgehead atoms. The normalized spacial score (nSPS) is 9.69. The van der Waals surface area contributed by atoms with Crippen molar-refractivity contribution in [3.05, 3.63) is 35.2 Å². The van der Waals surface area contributed by atoms with Gasteiger partial charge in [0.25, 0.3) is 0 Å². The maximum absolute atomic E-state index is 10.5. The summed E-state index contributed by atoms with van der Waals surface area (Å²) < 4.78 is 10.5. The topological polar surface area (TPSA) is 107 Å². The largest absolute Gasteiger partial charge is 0.379 e. The molecule has 0 saturated heterocycles. The van der Waals surface area contributed by atoms with Gasteiger partial charge in [-0.2, -0.15) is 0 Å². The Labute approximate surface area is 73.9 Å². The summed E-state index contributed by atoms with van der Waals surface area (Å²) in [5.74, 6) is 0. The standard InChI is InChI=1S/C6H7O3P.HNO2/c7-10(8,9)6-4-2-1-3-5-6;2-1-3/h1-5H,(H2,7,8,9);(H,2,3). The smallest absolute Gasteiger partial charge is 0.356 e. The third-order valence-corrected chi connectivity index (χ3v) is 2.06. The van der Waals surface area contributed by atoms with Crippen LogP contribution < -0.4 is 5.30 Å². The van der Waals surface area contributed by atoms with Gasteiger partial charge in [-0.1, -0.05) is 18.2 Å². The zero-order valence-corrected chi connectivity index (χ0v) is 7.33. The summed E-state index contributed by atoms with van der Waals surface area (Å²) in [6.07, 6.45) is 0. The third kappa shape index (κ3) is 5.08. The molecule has 1 aromatic carbocycles. The van der Waals surface area contributed by atoms with Crippen molar-refractivity contribution >= 4 is 12.9 Å². The predicted molar refractivity (Wildman–Crippen MR) is 45.7 cm³/mol. The van der Waals surface area contributed by atoms with Crippen LogP contribution in [0, 0.1) is 4.91 Å². The molecule has 7 heteroatoms. The van der Waals surface area contributed by atoms with Crippen molar-refractivity contribution in [2.24, 2.45) is 5.34 Å². The Bertz CT molecular complexity index is 295. The minimum atomic E-state index is -4.02. The van der Waals surface area contributed by atoms with Crippen LogP contribution in [0.3, 0.4) is 0 Å². The van der Waals surface area contributed by atoms with Gasteiger partial charge in [0.2, 0.25) is 0 Å². The van der Waals surface area contributed by atoms with Crippen molar-refractivity contribution in [2.75, 3.05) is 0 Å². The van der Waals surface area contributed by atoms with E-state index in [1.54, 1.807) is 18.2 Å². The van der Waals surface area contributed by atoms with Crippen LogP contribution in [0.5, 0.6) is 0 Å². The monoisotopic (exact) mass is 205 g/mol. The van der Waals surface area contributed by atoms with E-state index in [2.05, 4.69) is 0 Å². The van der Waals surface area contributed by atoms with Crippen molar-refractivity contribution in [1.82, 2.24) is 0 Å². The number of benzene rings is 1. The predicted octanol–water partition coefficient (Wildman–Crippen LogP) is 0.632. The molecule has 0 aliphatic rings. The molecule has 72 valence electrons. The van der Waals surface area contributed by atoms with E-state index in [1.807, 2.05) is 0 Å². The fourth-order valence-corrected chi connectivity index (χ4v) is 1.18. The summed E-state index contributed by atoms with van der Waals surface area (Å²) in [4.78, 5) is 25.3. The van der Waals surface area contributed by atoms with Gasteiger partial charge < -0.3 is 15.0 Å². The van der Waals surface area contributed by atoms with Crippen LogP contribution in [0.1, 0.15) is 0 Å². The number of hydrogen-bond acceptors (Lipinski definition) is 3. The van der Waals surface area contributed by atoms with Gasteiger partial charge in [0.1, 0.15) is 0 Å². The second-order valence-corrected chi connectivity index (χ2v) is 3.57. The lowest BCUT2D eigenvalue weighted by Crippen LogP contribution is -2.01. The SMILES string of the molecule is O=NO.O=P(O)(O)c1ccccc1. The van der Waals surface area contributed by atoms with Gasteiger partial charge >= 0.3 is 7.60 Å². The zero-order valence-electron chi connectivity index (χ0n) is 6.44. The first-order valence-electron chi connectivity index (χ1n) is 3.10. The minimum absolute atomic E-state index is 0.0648. The van der Waals surface area contributed by atoms with Gasteiger partial charge in [-0.15, -0.1) is 4.91 Å². The molecule has 0 fully saturated rings. The third-order valence-electron chi connectivity index (χ3n) is 1.09. The average Bonchev–Trinajstić information content (AvgIpc) is 2.06. The summed E-state index contributed by atoms with van der Waals surface area (Å²) in [7, 11) is -4.02. The summed E-state index contributed by atoms with van der Waals surface area (Å²) >= 11 is 0. The highest BCUT2D eigenvalue weighted by Crippen LogP contribution is 2.32. The number of hydrogen-bond donors (Lipinski definition) is 3. The van der Waals surface area contributed by atoms with E-state index in [1.165, 1.54) is 17.5 Å². The van der Waals surface area contributed by atoms with Gasteiger partial charge in [-0.25, -0.2) is 0 Å². The van der Waals surface area contributed by atoms with Gasteiger partial charge in [-0.3, -0.25) is 4.57 Å². The molecular formula is C6H8NO5P. The van der Waals surface area contributed by atoms with Crippen LogP contribution >= 0.6 is 7.60 Å². The maximum Gasteiger partial charge on any atom is 0.356 e. The molecule has 0 aliphatic carbocycles. The minimum Gasteiger partial charge on any atom is -0.379 e. The van der Waals surface area contributed by atoms with Crippen LogP contribution in [0.2, 0.25) is 0 Å². The number of nitrogens with zero attached hydrogens (tertiary/aromatic N) is 1. The van der Waals surface area contributed by atoms with E-state index < -0.39 is 7.60 Å². The molecule has 0 aromatic heterocycles.